The molecule has 0 aromatic heterocycles. The van der Waals surface area contributed by atoms with E-state index in [0.29, 0.717) is 5.56 Å². The van der Waals surface area contributed by atoms with E-state index < -0.39 is 24.0 Å². The first kappa shape index (κ1) is 17.0. The van der Waals surface area contributed by atoms with Crippen molar-refractivity contribution in [1.29, 1.82) is 0 Å². The van der Waals surface area contributed by atoms with Gasteiger partial charge in [-0.05, 0) is 36.6 Å². The average molecular weight is 311 g/mol. The molecular formula is C13H17N3O4S. The maximum Gasteiger partial charge on any atom is 0.330 e. The van der Waals surface area contributed by atoms with E-state index in [0.717, 1.165) is 16.8 Å². The number of aliphatic carboxylic acids is 1. The zero-order chi connectivity index (χ0) is 16.0. The number of amides is 2. The lowest BCUT2D eigenvalue weighted by Gasteiger charge is -2.16. The van der Waals surface area contributed by atoms with E-state index in [1.807, 2.05) is 0 Å². The minimum absolute atomic E-state index is 0.184. The van der Waals surface area contributed by atoms with E-state index in [4.69, 9.17) is 5.73 Å². The fourth-order valence-electron chi connectivity index (χ4n) is 1.42. The number of hydrogen-bond acceptors (Lipinski definition) is 5. The zero-order valence-corrected chi connectivity index (χ0v) is 12.4. The number of nitrogens with one attached hydrogen (secondary N) is 2. The van der Waals surface area contributed by atoms with Crippen LogP contribution in [0, 0.1) is 0 Å². The number of carbonyl (C=O) groups excluding carboxylic acids is 2. The third-order valence-electron chi connectivity index (χ3n) is 2.47. The molecule has 1 unspecified atom stereocenters. The van der Waals surface area contributed by atoms with Crippen LogP contribution < -0.4 is 15.8 Å². The fourth-order valence-corrected chi connectivity index (χ4v) is 1.95. The van der Waals surface area contributed by atoms with Gasteiger partial charge in [0.25, 0.3) is 0 Å². The van der Waals surface area contributed by atoms with E-state index in [-0.39, 0.29) is 5.91 Å². The number of nitrogens with two attached hydrogens (primary N) is 1. The van der Waals surface area contributed by atoms with E-state index in [1.54, 1.807) is 24.3 Å². The predicted octanol–water partition coefficient (Wildman–Crippen LogP) is 0.419. The summed E-state index contributed by atoms with van der Waals surface area (Å²) in [6.45, 7) is 2.87. The molecule has 1 aromatic rings. The highest BCUT2D eigenvalue weighted by atomic mass is 32.2. The Labute approximate surface area is 126 Å². The van der Waals surface area contributed by atoms with Gasteiger partial charge in [-0.3, -0.25) is 14.3 Å². The summed E-state index contributed by atoms with van der Waals surface area (Å²) in [6.07, 6.45) is 0. The SMILES string of the molecule is CC(=O)NSc1ccc(C(NC(=O)[C@H](C)N)C(=O)O)cc1. The molecule has 0 aliphatic carbocycles. The monoisotopic (exact) mass is 311 g/mol. The van der Waals surface area contributed by atoms with E-state index in [9.17, 15) is 19.5 Å². The van der Waals surface area contributed by atoms with Gasteiger partial charge in [-0.25, -0.2) is 4.79 Å². The van der Waals surface area contributed by atoms with Crippen LogP contribution in [0.3, 0.4) is 0 Å². The van der Waals surface area contributed by atoms with Crippen molar-refractivity contribution < 1.29 is 19.5 Å². The molecule has 2 atom stereocenters. The second-order valence-electron chi connectivity index (χ2n) is 4.40. The summed E-state index contributed by atoms with van der Waals surface area (Å²) in [7, 11) is 0. The number of hydrogen-bond donors (Lipinski definition) is 4. The molecule has 7 nitrogen and oxygen atoms in total. The summed E-state index contributed by atoms with van der Waals surface area (Å²) >= 11 is 1.12. The standard InChI is InChI=1S/C13H17N3O4S/c1-7(14)12(18)15-11(13(19)20)9-3-5-10(6-4-9)21-16-8(2)17/h3-7,11H,14H2,1-2H3,(H,15,18)(H,16,17)(H,19,20)/t7-,11?/m0/s1. The Bertz CT molecular complexity index is 531. The van der Waals surface area contributed by atoms with Gasteiger partial charge in [0, 0.05) is 11.8 Å². The van der Waals surface area contributed by atoms with Gasteiger partial charge in [-0.15, -0.1) is 0 Å². The highest BCUT2D eigenvalue weighted by Gasteiger charge is 2.23. The summed E-state index contributed by atoms with van der Waals surface area (Å²) in [6, 6.07) is 4.51. The summed E-state index contributed by atoms with van der Waals surface area (Å²) in [5.41, 5.74) is 5.83. The Morgan fingerprint density at radius 2 is 1.81 bits per heavy atom. The molecule has 0 saturated heterocycles. The molecule has 0 saturated carbocycles. The van der Waals surface area contributed by atoms with Gasteiger partial charge in [-0.2, -0.15) is 0 Å². The topological polar surface area (TPSA) is 122 Å². The maximum atomic E-state index is 11.5. The number of rotatable bonds is 6. The van der Waals surface area contributed by atoms with Crippen LogP contribution in [0.2, 0.25) is 0 Å². The second kappa shape index (κ2) is 7.65. The van der Waals surface area contributed by atoms with Gasteiger partial charge in [0.2, 0.25) is 11.8 Å². The van der Waals surface area contributed by atoms with Gasteiger partial charge in [0.1, 0.15) is 0 Å². The highest BCUT2D eigenvalue weighted by Crippen LogP contribution is 2.19. The summed E-state index contributed by atoms with van der Waals surface area (Å²) in [4.78, 5) is 34.3. The molecule has 0 aliphatic rings. The molecule has 8 heteroatoms. The van der Waals surface area contributed by atoms with Crippen LogP contribution in [0.5, 0.6) is 0 Å². The molecule has 0 fully saturated rings. The maximum absolute atomic E-state index is 11.5. The van der Waals surface area contributed by atoms with Crippen molar-refractivity contribution in [2.75, 3.05) is 0 Å². The predicted molar refractivity (Wildman–Crippen MR) is 78.3 cm³/mol. The van der Waals surface area contributed by atoms with Crippen LogP contribution in [0.25, 0.3) is 0 Å². The zero-order valence-electron chi connectivity index (χ0n) is 11.6. The van der Waals surface area contributed by atoms with Crippen LogP contribution in [0.1, 0.15) is 25.5 Å². The number of carboxylic acid groups (broad SMARTS) is 1. The Kier molecular flexibility index (Phi) is 6.19. The molecule has 2 amide bonds. The molecular weight excluding hydrogens is 294 g/mol. The molecule has 5 N–H and O–H groups in total. The molecule has 1 aromatic carbocycles. The van der Waals surface area contributed by atoms with Crippen molar-refractivity contribution in [3.05, 3.63) is 29.8 Å². The lowest BCUT2D eigenvalue weighted by Crippen LogP contribution is -2.42. The highest BCUT2D eigenvalue weighted by molar-refractivity contribution is 7.98. The number of carbonyl (C=O) groups is 3. The molecule has 21 heavy (non-hydrogen) atoms. The van der Waals surface area contributed by atoms with Crippen LogP contribution in [0.15, 0.2) is 29.2 Å². The Balaban J connectivity index is 2.82. The third kappa shape index (κ3) is 5.44. The molecule has 0 heterocycles. The summed E-state index contributed by atoms with van der Waals surface area (Å²) in [5, 5.41) is 11.5. The minimum Gasteiger partial charge on any atom is -0.479 e. The third-order valence-corrected chi connectivity index (χ3v) is 3.37. The molecule has 0 bridgehead atoms. The van der Waals surface area contributed by atoms with Crippen LogP contribution in [-0.4, -0.2) is 28.9 Å². The van der Waals surface area contributed by atoms with E-state index >= 15 is 0 Å². The van der Waals surface area contributed by atoms with Gasteiger partial charge in [0.05, 0.1) is 6.04 Å². The number of benzene rings is 1. The lowest BCUT2D eigenvalue weighted by atomic mass is 10.1. The quantitative estimate of drug-likeness (QED) is 0.565. The van der Waals surface area contributed by atoms with E-state index in [1.165, 1.54) is 13.8 Å². The van der Waals surface area contributed by atoms with Crippen LogP contribution in [0.4, 0.5) is 0 Å². The lowest BCUT2D eigenvalue weighted by molar-refractivity contribution is -0.142. The van der Waals surface area contributed by atoms with Gasteiger partial charge < -0.3 is 16.2 Å². The van der Waals surface area contributed by atoms with Crippen LogP contribution in [-0.2, 0) is 14.4 Å². The first-order valence-electron chi connectivity index (χ1n) is 6.13. The van der Waals surface area contributed by atoms with Crippen LogP contribution >= 0.6 is 11.9 Å². The first-order chi connectivity index (χ1) is 9.81. The smallest absolute Gasteiger partial charge is 0.330 e. The minimum atomic E-state index is -1.17. The number of carboxylic acids is 1. The molecule has 0 spiro atoms. The fraction of sp³-hybridized carbons (Fsp3) is 0.308. The first-order valence-corrected chi connectivity index (χ1v) is 6.95. The molecule has 1 rings (SSSR count). The van der Waals surface area contributed by atoms with Gasteiger partial charge >= 0.3 is 5.97 Å². The van der Waals surface area contributed by atoms with Crippen molar-refractivity contribution in [3.8, 4) is 0 Å². The summed E-state index contributed by atoms with van der Waals surface area (Å²) < 4.78 is 2.56. The Morgan fingerprint density at radius 1 is 1.24 bits per heavy atom. The van der Waals surface area contributed by atoms with Crippen molar-refractivity contribution >= 4 is 29.7 Å². The molecule has 0 radical (unpaired) electrons. The van der Waals surface area contributed by atoms with Gasteiger partial charge in [-0.1, -0.05) is 12.1 Å². The van der Waals surface area contributed by atoms with Crippen molar-refractivity contribution in [2.45, 2.75) is 30.8 Å². The normalized spacial score (nSPS) is 13.1. The van der Waals surface area contributed by atoms with Crippen molar-refractivity contribution in [3.63, 3.8) is 0 Å². The van der Waals surface area contributed by atoms with E-state index in [2.05, 4.69) is 10.0 Å². The Hall–Kier alpha value is -2.06. The second-order valence-corrected chi connectivity index (χ2v) is 5.28. The Morgan fingerprint density at radius 3 is 2.24 bits per heavy atom. The van der Waals surface area contributed by atoms with Crippen molar-refractivity contribution in [1.82, 2.24) is 10.0 Å². The molecule has 0 aliphatic heterocycles. The molecule has 114 valence electrons. The average Bonchev–Trinajstić information content (AvgIpc) is 2.42. The van der Waals surface area contributed by atoms with Crippen molar-refractivity contribution in [2.24, 2.45) is 5.73 Å². The van der Waals surface area contributed by atoms with Gasteiger partial charge in [0.15, 0.2) is 6.04 Å². The largest absolute Gasteiger partial charge is 0.479 e. The summed E-state index contributed by atoms with van der Waals surface area (Å²) in [5.74, 6) is -1.90.